The second-order valence-corrected chi connectivity index (χ2v) is 7.64. The van der Waals surface area contributed by atoms with E-state index in [4.69, 9.17) is 0 Å². The van der Waals surface area contributed by atoms with Gasteiger partial charge in [-0.25, -0.2) is 0 Å². The van der Waals surface area contributed by atoms with Crippen LogP contribution in [0.5, 0.6) is 0 Å². The number of hydrogen-bond acceptors (Lipinski definition) is 2. The minimum Gasteiger partial charge on any atom is -0.348 e. The number of hydrogen-bond donors (Lipinski definition) is 1. The molecule has 0 bridgehead atoms. The highest BCUT2D eigenvalue weighted by Crippen LogP contribution is 2.30. The van der Waals surface area contributed by atoms with Crippen molar-refractivity contribution in [3.05, 3.63) is 65.2 Å². The van der Waals surface area contributed by atoms with Gasteiger partial charge in [-0.05, 0) is 56.4 Å². The summed E-state index contributed by atoms with van der Waals surface area (Å²) in [5, 5.41) is 3.16. The number of rotatable bonds is 4. The first-order valence-corrected chi connectivity index (χ1v) is 9.13. The van der Waals surface area contributed by atoms with Crippen molar-refractivity contribution in [3.8, 4) is 0 Å². The fourth-order valence-corrected chi connectivity index (χ4v) is 3.94. The van der Waals surface area contributed by atoms with Gasteiger partial charge in [0, 0.05) is 4.90 Å². The Morgan fingerprint density at radius 3 is 2.70 bits per heavy atom. The third kappa shape index (κ3) is 3.97. The van der Waals surface area contributed by atoms with E-state index in [9.17, 15) is 4.79 Å². The zero-order valence-electron chi connectivity index (χ0n) is 13.7. The van der Waals surface area contributed by atoms with Crippen LogP contribution in [0, 0.1) is 6.92 Å². The third-order valence-corrected chi connectivity index (χ3v) is 5.50. The lowest BCUT2D eigenvalue weighted by atomic mass is 9.88. The van der Waals surface area contributed by atoms with Crippen LogP contribution in [-0.4, -0.2) is 11.2 Å². The molecule has 0 spiro atoms. The summed E-state index contributed by atoms with van der Waals surface area (Å²) in [6, 6.07) is 17.0. The minimum absolute atomic E-state index is 0.0909. The number of amides is 1. The molecule has 2 aromatic rings. The Kier molecular flexibility index (Phi) is 5.06. The van der Waals surface area contributed by atoms with Crippen molar-refractivity contribution in [1.29, 1.82) is 0 Å². The number of carbonyl (C=O) groups excluding carboxylic acids is 1. The van der Waals surface area contributed by atoms with Crippen molar-refractivity contribution in [1.82, 2.24) is 5.32 Å². The molecule has 23 heavy (non-hydrogen) atoms. The van der Waals surface area contributed by atoms with Crippen LogP contribution in [0.25, 0.3) is 0 Å². The van der Waals surface area contributed by atoms with Gasteiger partial charge < -0.3 is 5.32 Å². The maximum Gasteiger partial charge on any atom is 0.233 e. The summed E-state index contributed by atoms with van der Waals surface area (Å²) in [7, 11) is 0. The SMILES string of the molecule is Cc1ccc(S[C@H](C)C(=O)N[C@H]2CCCc3ccccc32)cc1. The van der Waals surface area contributed by atoms with E-state index in [0.29, 0.717) is 0 Å². The maximum absolute atomic E-state index is 12.6. The summed E-state index contributed by atoms with van der Waals surface area (Å²) in [6.45, 7) is 4.06. The van der Waals surface area contributed by atoms with Gasteiger partial charge in [-0.1, -0.05) is 42.0 Å². The van der Waals surface area contributed by atoms with Crippen LogP contribution in [0.3, 0.4) is 0 Å². The summed E-state index contributed by atoms with van der Waals surface area (Å²) in [6.07, 6.45) is 3.29. The van der Waals surface area contributed by atoms with Crippen LogP contribution in [0.4, 0.5) is 0 Å². The molecule has 1 amide bonds. The molecule has 0 aliphatic heterocycles. The first-order chi connectivity index (χ1) is 11.1. The zero-order chi connectivity index (χ0) is 16.2. The Bertz CT molecular complexity index is 680. The predicted octanol–water partition coefficient (Wildman–Crippen LogP) is 4.67. The van der Waals surface area contributed by atoms with Gasteiger partial charge in [0.15, 0.2) is 0 Å². The van der Waals surface area contributed by atoms with Crippen molar-refractivity contribution in [2.24, 2.45) is 0 Å². The van der Waals surface area contributed by atoms with E-state index < -0.39 is 0 Å². The van der Waals surface area contributed by atoms with Crippen molar-refractivity contribution in [3.63, 3.8) is 0 Å². The Morgan fingerprint density at radius 2 is 1.91 bits per heavy atom. The van der Waals surface area contributed by atoms with Gasteiger partial charge in [-0.2, -0.15) is 0 Å². The summed E-state index contributed by atoms with van der Waals surface area (Å²) in [5.74, 6) is 0.122. The van der Waals surface area contributed by atoms with Crippen LogP contribution < -0.4 is 5.32 Å². The quantitative estimate of drug-likeness (QED) is 0.828. The van der Waals surface area contributed by atoms with Gasteiger partial charge in [0.05, 0.1) is 11.3 Å². The van der Waals surface area contributed by atoms with Crippen LogP contribution >= 0.6 is 11.8 Å². The Hall–Kier alpha value is -1.74. The molecular weight excluding hydrogens is 302 g/mol. The van der Waals surface area contributed by atoms with Crippen molar-refractivity contribution in [2.45, 2.75) is 49.3 Å². The Balaban J connectivity index is 1.64. The summed E-state index contributed by atoms with van der Waals surface area (Å²) < 4.78 is 0. The standard InChI is InChI=1S/C20H23NOS/c1-14-10-12-17(13-11-14)23-15(2)20(22)21-19-9-5-7-16-6-3-4-8-18(16)19/h3-4,6,8,10-13,15,19H,5,7,9H2,1-2H3,(H,21,22)/t15-,19+/m1/s1. The second-order valence-electron chi connectivity index (χ2n) is 6.23. The summed E-state index contributed by atoms with van der Waals surface area (Å²) in [4.78, 5) is 13.7. The molecule has 2 aromatic carbocycles. The lowest BCUT2D eigenvalue weighted by molar-refractivity contribution is -0.121. The highest BCUT2D eigenvalue weighted by molar-refractivity contribution is 8.00. The normalized spacial score (nSPS) is 18.1. The molecule has 3 rings (SSSR count). The molecule has 0 fully saturated rings. The summed E-state index contributed by atoms with van der Waals surface area (Å²) >= 11 is 1.62. The Labute approximate surface area is 142 Å². The zero-order valence-corrected chi connectivity index (χ0v) is 14.5. The van der Waals surface area contributed by atoms with Crippen molar-refractivity contribution in [2.75, 3.05) is 0 Å². The van der Waals surface area contributed by atoms with E-state index in [1.165, 1.54) is 16.7 Å². The molecule has 0 unspecified atom stereocenters. The van der Waals surface area contributed by atoms with Crippen molar-refractivity contribution >= 4 is 17.7 Å². The number of carbonyl (C=O) groups is 1. The maximum atomic E-state index is 12.6. The summed E-state index contributed by atoms with van der Waals surface area (Å²) in [5.41, 5.74) is 3.91. The smallest absolute Gasteiger partial charge is 0.233 e. The average molecular weight is 325 g/mol. The van der Waals surface area contributed by atoms with E-state index >= 15 is 0 Å². The fourth-order valence-electron chi connectivity index (χ4n) is 3.07. The molecule has 2 nitrogen and oxygen atoms in total. The minimum atomic E-state index is -0.0909. The molecule has 0 heterocycles. The molecule has 0 aromatic heterocycles. The Morgan fingerprint density at radius 1 is 1.17 bits per heavy atom. The lowest BCUT2D eigenvalue weighted by Crippen LogP contribution is -2.35. The predicted molar refractivity (Wildman–Crippen MR) is 96.8 cm³/mol. The first kappa shape index (κ1) is 16.1. The molecule has 0 saturated carbocycles. The monoisotopic (exact) mass is 325 g/mol. The number of benzene rings is 2. The molecule has 2 atom stereocenters. The van der Waals surface area contributed by atoms with Gasteiger partial charge in [0.1, 0.15) is 0 Å². The number of thioether (sulfide) groups is 1. The second kappa shape index (κ2) is 7.22. The number of aryl methyl sites for hydroxylation is 2. The largest absolute Gasteiger partial charge is 0.348 e. The van der Waals surface area contributed by atoms with Crippen LogP contribution in [0.1, 0.15) is 42.5 Å². The molecular formula is C20H23NOS. The average Bonchev–Trinajstić information content (AvgIpc) is 2.57. The van der Waals surface area contributed by atoms with E-state index in [1.807, 2.05) is 6.92 Å². The number of fused-ring (bicyclic) bond motifs is 1. The van der Waals surface area contributed by atoms with Gasteiger partial charge in [-0.15, -0.1) is 11.8 Å². The van der Waals surface area contributed by atoms with Gasteiger partial charge in [0.2, 0.25) is 5.91 Å². The van der Waals surface area contributed by atoms with Crippen LogP contribution in [0.2, 0.25) is 0 Å². The van der Waals surface area contributed by atoms with E-state index in [-0.39, 0.29) is 17.2 Å². The fraction of sp³-hybridized carbons (Fsp3) is 0.350. The third-order valence-electron chi connectivity index (χ3n) is 4.39. The highest BCUT2D eigenvalue weighted by Gasteiger charge is 2.23. The lowest BCUT2D eigenvalue weighted by Gasteiger charge is -2.27. The molecule has 3 heteroatoms. The van der Waals surface area contributed by atoms with Gasteiger partial charge in [0.25, 0.3) is 0 Å². The molecule has 1 N–H and O–H groups in total. The van der Waals surface area contributed by atoms with Crippen LogP contribution in [-0.2, 0) is 11.2 Å². The molecule has 1 aliphatic carbocycles. The van der Waals surface area contributed by atoms with Gasteiger partial charge in [-0.3, -0.25) is 4.79 Å². The van der Waals surface area contributed by atoms with E-state index in [2.05, 4.69) is 60.8 Å². The topological polar surface area (TPSA) is 29.1 Å². The highest BCUT2D eigenvalue weighted by atomic mass is 32.2. The van der Waals surface area contributed by atoms with Crippen LogP contribution in [0.15, 0.2) is 53.4 Å². The molecule has 120 valence electrons. The van der Waals surface area contributed by atoms with Gasteiger partial charge >= 0.3 is 0 Å². The van der Waals surface area contributed by atoms with E-state index in [1.54, 1.807) is 11.8 Å². The molecule has 0 radical (unpaired) electrons. The van der Waals surface area contributed by atoms with E-state index in [0.717, 1.165) is 24.2 Å². The number of nitrogens with one attached hydrogen (secondary N) is 1. The molecule has 1 aliphatic rings. The molecule has 0 saturated heterocycles. The van der Waals surface area contributed by atoms with Crippen molar-refractivity contribution < 1.29 is 4.79 Å². The first-order valence-electron chi connectivity index (χ1n) is 8.25.